The van der Waals surface area contributed by atoms with Gasteiger partial charge >= 0.3 is 0 Å². The average molecular weight is 256 g/mol. The van der Waals surface area contributed by atoms with Crippen LogP contribution < -0.4 is 5.73 Å². The first-order valence-corrected chi connectivity index (χ1v) is 6.58. The van der Waals surface area contributed by atoms with Crippen molar-refractivity contribution in [3.63, 3.8) is 0 Å². The van der Waals surface area contributed by atoms with Gasteiger partial charge in [-0.15, -0.1) is 0 Å². The van der Waals surface area contributed by atoms with Crippen LogP contribution in [0.1, 0.15) is 5.82 Å². The monoisotopic (exact) mass is 256 g/mol. The smallest absolute Gasteiger partial charge is 0.117 e. The molecule has 90 valence electrons. The lowest BCUT2D eigenvalue weighted by molar-refractivity contribution is 1.10. The van der Waals surface area contributed by atoms with Gasteiger partial charge in [0.2, 0.25) is 0 Å². The van der Waals surface area contributed by atoms with Crippen LogP contribution in [0, 0.1) is 0 Å². The van der Waals surface area contributed by atoms with E-state index < -0.39 is 0 Å². The van der Waals surface area contributed by atoms with Crippen molar-refractivity contribution < 1.29 is 0 Å². The Kier molecular flexibility index (Phi) is 2.90. The summed E-state index contributed by atoms with van der Waals surface area (Å²) < 4.78 is 0. The van der Waals surface area contributed by atoms with E-state index >= 15 is 0 Å². The highest BCUT2D eigenvalue weighted by Gasteiger charge is 2.04. The molecule has 0 saturated carbocycles. The van der Waals surface area contributed by atoms with Gasteiger partial charge in [-0.25, -0.2) is 9.97 Å². The van der Waals surface area contributed by atoms with Crippen molar-refractivity contribution in [3.05, 3.63) is 48.4 Å². The SMILES string of the molecule is Nc1ccc2nc(CSc3ccccn3)[nH]c2c1. The van der Waals surface area contributed by atoms with Gasteiger partial charge in [-0.1, -0.05) is 17.8 Å². The third kappa shape index (κ3) is 2.31. The number of nitrogens with one attached hydrogen (secondary N) is 1. The molecule has 5 heteroatoms. The average Bonchev–Trinajstić information content (AvgIpc) is 2.79. The predicted octanol–water partition coefficient (Wildman–Crippen LogP) is 2.83. The van der Waals surface area contributed by atoms with Crippen molar-refractivity contribution in [3.8, 4) is 0 Å². The van der Waals surface area contributed by atoms with Gasteiger partial charge < -0.3 is 10.7 Å². The molecule has 0 spiro atoms. The van der Waals surface area contributed by atoms with Crippen LogP contribution in [0.25, 0.3) is 11.0 Å². The summed E-state index contributed by atoms with van der Waals surface area (Å²) in [5.41, 5.74) is 8.40. The van der Waals surface area contributed by atoms with Crippen molar-refractivity contribution >= 4 is 28.5 Å². The van der Waals surface area contributed by atoms with E-state index in [1.165, 1.54) is 0 Å². The van der Waals surface area contributed by atoms with Crippen molar-refractivity contribution in [2.24, 2.45) is 0 Å². The standard InChI is InChI=1S/C13H12N4S/c14-9-4-5-10-11(7-9)17-12(16-10)8-18-13-3-1-2-6-15-13/h1-7H,8,14H2,(H,16,17). The lowest BCUT2D eigenvalue weighted by Gasteiger charge is -1.96. The number of H-pyrrole nitrogens is 1. The first-order chi connectivity index (χ1) is 8.81. The van der Waals surface area contributed by atoms with Crippen LogP contribution in [-0.4, -0.2) is 15.0 Å². The summed E-state index contributed by atoms with van der Waals surface area (Å²) in [5, 5.41) is 0.998. The lowest BCUT2D eigenvalue weighted by Crippen LogP contribution is -1.84. The van der Waals surface area contributed by atoms with E-state index in [0.29, 0.717) is 0 Å². The molecule has 0 saturated heterocycles. The number of benzene rings is 1. The van der Waals surface area contributed by atoms with Gasteiger partial charge in [-0.05, 0) is 30.3 Å². The van der Waals surface area contributed by atoms with Crippen molar-refractivity contribution in [2.75, 3.05) is 5.73 Å². The number of aromatic amines is 1. The summed E-state index contributed by atoms with van der Waals surface area (Å²) >= 11 is 1.66. The molecule has 0 bridgehead atoms. The minimum Gasteiger partial charge on any atom is -0.399 e. The maximum absolute atomic E-state index is 5.74. The van der Waals surface area contributed by atoms with Crippen molar-refractivity contribution in [2.45, 2.75) is 10.8 Å². The second-order valence-corrected chi connectivity index (χ2v) is 4.91. The van der Waals surface area contributed by atoms with Gasteiger partial charge in [0, 0.05) is 11.9 Å². The van der Waals surface area contributed by atoms with E-state index in [4.69, 9.17) is 5.73 Å². The summed E-state index contributed by atoms with van der Waals surface area (Å²) in [5.74, 6) is 1.71. The largest absolute Gasteiger partial charge is 0.399 e. The molecular weight excluding hydrogens is 244 g/mol. The van der Waals surface area contributed by atoms with E-state index in [9.17, 15) is 0 Å². The van der Waals surface area contributed by atoms with Gasteiger partial charge in [0.15, 0.2) is 0 Å². The van der Waals surface area contributed by atoms with Gasteiger partial charge in [-0.3, -0.25) is 0 Å². The molecule has 0 unspecified atom stereocenters. The Morgan fingerprint density at radius 3 is 3.00 bits per heavy atom. The highest BCUT2D eigenvalue weighted by Crippen LogP contribution is 2.21. The number of nitrogens with two attached hydrogens (primary N) is 1. The van der Waals surface area contributed by atoms with Gasteiger partial charge in [0.05, 0.1) is 21.8 Å². The number of thioether (sulfide) groups is 1. The molecule has 4 nitrogen and oxygen atoms in total. The zero-order chi connectivity index (χ0) is 12.4. The summed E-state index contributed by atoms with van der Waals surface area (Å²) in [6, 6.07) is 11.6. The molecule has 3 rings (SSSR count). The molecule has 1 aromatic carbocycles. The molecule has 3 N–H and O–H groups in total. The van der Waals surface area contributed by atoms with Crippen LogP contribution in [0.15, 0.2) is 47.6 Å². The van der Waals surface area contributed by atoms with Crippen LogP contribution >= 0.6 is 11.8 Å². The second kappa shape index (κ2) is 4.70. The third-order valence-corrected chi connectivity index (χ3v) is 3.50. The topological polar surface area (TPSA) is 67.6 Å². The molecular formula is C13H12N4S. The second-order valence-electron chi connectivity index (χ2n) is 3.92. The first-order valence-electron chi connectivity index (χ1n) is 5.59. The van der Waals surface area contributed by atoms with E-state index in [-0.39, 0.29) is 0 Å². The number of rotatable bonds is 3. The van der Waals surface area contributed by atoms with Gasteiger partial charge in [-0.2, -0.15) is 0 Å². The Bertz CT molecular complexity index is 663. The van der Waals surface area contributed by atoms with Crippen LogP contribution in [0.2, 0.25) is 0 Å². The molecule has 2 aromatic heterocycles. The summed E-state index contributed by atoms with van der Waals surface area (Å²) in [6.07, 6.45) is 1.79. The summed E-state index contributed by atoms with van der Waals surface area (Å²) in [4.78, 5) is 12.0. The Hall–Kier alpha value is -2.01. The van der Waals surface area contributed by atoms with Gasteiger partial charge in [0.25, 0.3) is 0 Å². The molecule has 18 heavy (non-hydrogen) atoms. The molecule has 0 radical (unpaired) electrons. The number of nitrogens with zero attached hydrogens (tertiary/aromatic N) is 2. The molecule has 3 aromatic rings. The lowest BCUT2D eigenvalue weighted by atomic mass is 10.3. The van der Waals surface area contributed by atoms with E-state index in [1.807, 2.05) is 36.4 Å². The number of fused-ring (bicyclic) bond motifs is 1. The van der Waals surface area contributed by atoms with E-state index in [0.717, 1.165) is 33.3 Å². The number of hydrogen-bond acceptors (Lipinski definition) is 4. The fraction of sp³-hybridized carbons (Fsp3) is 0.0769. The van der Waals surface area contributed by atoms with Crippen molar-refractivity contribution in [1.82, 2.24) is 15.0 Å². The van der Waals surface area contributed by atoms with Gasteiger partial charge in [0.1, 0.15) is 5.82 Å². The zero-order valence-corrected chi connectivity index (χ0v) is 10.4. The maximum Gasteiger partial charge on any atom is 0.117 e. The minimum absolute atomic E-state index is 0.745. The van der Waals surface area contributed by atoms with Crippen LogP contribution in [0.3, 0.4) is 0 Å². The number of pyridine rings is 1. The highest BCUT2D eigenvalue weighted by molar-refractivity contribution is 7.98. The van der Waals surface area contributed by atoms with E-state index in [1.54, 1.807) is 18.0 Å². The predicted molar refractivity (Wildman–Crippen MR) is 74.3 cm³/mol. The molecule has 0 amide bonds. The van der Waals surface area contributed by atoms with Crippen LogP contribution in [0.5, 0.6) is 0 Å². The fourth-order valence-corrected chi connectivity index (χ4v) is 2.45. The normalized spacial score (nSPS) is 10.9. The molecule has 0 aliphatic rings. The zero-order valence-electron chi connectivity index (χ0n) is 9.63. The number of imidazole rings is 1. The number of nitrogen functional groups attached to an aromatic ring is 1. The molecule has 0 aliphatic heterocycles. The minimum atomic E-state index is 0.745. The molecule has 0 atom stereocenters. The molecule has 2 heterocycles. The van der Waals surface area contributed by atoms with Crippen LogP contribution in [0.4, 0.5) is 5.69 Å². The summed E-state index contributed by atoms with van der Waals surface area (Å²) in [6.45, 7) is 0. The maximum atomic E-state index is 5.74. The Labute approximate surface area is 109 Å². The Morgan fingerprint density at radius 2 is 2.17 bits per heavy atom. The molecule has 0 fully saturated rings. The highest BCUT2D eigenvalue weighted by atomic mass is 32.2. The van der Waals surface area contributed by atoms with Crippen LogP contribution in [-0.2, 0) is 5.75 Å². The van der Waals surface area contributed by atoms with E-state index in [2.05, 4.69) is 15.0 Å². The number of hydrogen-bond donors (Lipinski definition) is 2. The number of aromatic nitrogens is 3. The summed E-state index contributed by atoms with van der Waals surface area (Å²) in [7, 11) is 0. The molecule has 0 aliphatic carbocycles. The first kappa shape index (κ1) is 11.1. The van der Waals surface area contributed by atoms with Crippen molar-refractivity contribution in [1.29, 1.82) is 0 Å². The Balaban J connectivity index is 1.79. The Morgan fingerprint density at radius 1 is 1.22 bits per heavy atom. The quantitative estimate of drug-likeness (QED) is 0.558. The number of anilines is 1. The fourth-order valence-electron chi connectivity index (χ4n) is 1.72. The third-order valence-electron chi connectivity index (χ3n) is 2.55.